The predicted octanol–water partition coefficient (Wildman–Crippen LogP) is 3.39. The largest absolute Gasteiger partial charge is 0.299 e. The second-order valence-electron chi connectivity index (χ2n) is 6.37. The van der Waals surface area contributed by atoms with Gasteiger partial charge in [-0.25, -0.2) is 0 Å². The first-order chi connectivity index (χ1) is 8.06. The van der Waals surface area contributed by atoms with E-state index in [9.17, 15) is 9.59 Å². The lowest BCUT2D eigenvalue weighted by Gasteiger charge is -2.31. The van der Waals surface area contributed by atoms with Crippen LogP contribution in [-0.2, 0) is 9.59 Å². The Morgan fingerprint density at radius 3 is 2.35 bits per heavy atom. The molecule has 2 aliphatic rings. The highest BCUT2D eigenvalue weighted by Crippen LogP contribution is 2.36. The zero-order chi connectivity index (χ0) is 12.4. The van der Waals surface area contributed by atoms with E-state index in [1.54, 1.807) is 0 Å². The molecule has 0 aliphatic heterocycles. The number of carbonyl (C=O) groups excluding carboxylic acids is 2. The number of rotatable bonds is 3. The van der Waals surface area contributed by atoms with Gasteiger partial charge in [-0.2, -0.15) is 0 Å². The van der Waals surface area contributed by atoms with E-state index < -0.39 is 0 Å². The molecule has 17 heavy (non-hydrogen) atoms. The first-order valence-electron chi connectivity index (χ1n) is 7.11. The molecule has 0 amide bonds. The Balaban J connectivity index is 1.87. The van der Waals surface area contributed by atoms with Gasteiger partial charge in [-0.15, -0.1) is 0 Å². The molecule has 0 aromatic heterocycles. The average molecular weight is 236 g/mol. The summed E-state index contributed by atoms with van der Waals surface area (Å²) < 4.78 is 0. The van der Waals surface area contributed by atoms with Crippen LogP contribution in [0.2, 0.25) is 0 Å². The van der Waals surface area contributed by atoms with Crippen LogP contribution in [0.5, 0.6) is 0 Å². The molecule has 2 heteroatoms. The molecule has 0 N–H and O–H groups in total. The van der Waals surface area contributed by atoms with Crippen molar-refractivity contribution in [1.29, 1.82) is 0 Å². The van der Waals surface area contributed by atoms with Gasteiger partial charge in [-0.05, 0) is 49.9 Å². The van der Waals surface area contributed by atoms with E-state index in [1.807, 2.05) is 0 Å². The van der Waals surface area contributed by atoms with Gasteiger partial charge in [0.25, 0.3) is 0 Å². The van der Waals surface area contributed by atoms with Gasteiger partial charge in [0.1, 0.15) is 11.6 Å². The molecule has 0 spiro atoms. The van der Waals surface area contributed by atoms with Crippen LogP contribution in [0.1, 0.15) is 58.8 Å². The normalized spacial score (nSPS) is 38.4. The second-order valence-corrected chi connectivity index (χ2v) is 6.37. The van der Waals surface area contributed by atoms with Crippen molar-refractivity contribution in [3.8, 4) is 0 Å². The maximum Gasteiger partial charge on any atom is 0.143 e. The Labute approximate surface area is 104 Å². The Kier molecular flexibility index (Phi) is 4.01. The molecular weight excluding hydrogens is 212 g/mol. The Morgan fingerprint density at radius 2 is 1.82 bits per heavy atom. The summed E-state index contributed by atoms with van der Waals surface area (Å²) in [5, 5.41) is 0. The molecule has 0 aromatic carbocycles. The summed E-state index contributed by atoms with van der Waals surface area (Å²) in [6, 6.07) is 0. The number of ketones is 2. The van der Waals surface area contributed by atoms with E-state index in [1.165, 1.54) is 19.3 Å². The fourth-order valence-corrected chi connectivity index (χ4v) is 3.86. The lowest BCUT2D eigenvalue weighted by atomic mass is 9.74. The first-order valence-corrected chi connectivity index (χ1v) is 7.11. The lowest BCUT2D eigenvalue weighted by molar-refractivity contribution is -0.131. The molecule has 2 nitrogen and oxygen atoms in total. The standard InChI is InChI=1S/C15H24O2/c1-10-6-11(2)8-12(7-10)9-15(17)13-4-3-5-14(13)16/h10-13H,3-9H2,1-2H3. The van der Waals surface area contributed by atoms with Gasteiger partial charge >= 0.3 is 0 Å². The van der Waals surface area contributed by atoms with E-state index >= 15 is 0 Å². The summed E-state index contributed by atoms with van der Waals surface area (Å²) in [7, 11) is 0. The highest BCUT2D eigenvalue weighted by Gasteiger charge is 2.33. The molecule has 0 heterocycles. The van der Waals surface area contributed by atoms with Gasteiger partial charge in [-0.3, -0.25) is 9.59 Å². The van der Waals surface area contributed by atoms with Crippen molar-refractivity contribution >= 4 is 11.6 Å². The van der Waals surface area contributed by atoms with Crippen molar-refractivity contribution in [2.24, 2.45) is 23.7 Å². The van der Waals surface area contributed by atoms with Gasteiger partial charge in [0, 0.05) is 12.8 Å². The smallest absolute Gasteiger partial charge is 0.143 e. The van der Waals surface area contributed by atoms with Gasteiger partial charge in [-0.1, -0.05) is 13.8 Å². The lowest BCUT2D eigenvalue weighted by Crippen LogP contribution is -2.26. The molecule has 0 radical (unpaired) electrons. The van der Waals surface area contributed by atoms with Crippen LogP contribution in [0.3, 0.4) is 0 Å². The SMILES string of the molecule is CC1CC(C)CC(CC(=O)C2CCCC2=O)C1. The van der Waals surface area contributed by atoms with Crippen molar-refractivity contribution in [1.82, 2.24) is 0 Å². The summed E-state index contributed by atoms with van der Waals surface area (Å²) in [5.74, 6) is 2.23. The van der Waals surface area contributed by atoms with Crippen molar-refractivity contribution in [3.05, 3.63) is 0 Å². The highest BCUT2D eigenvalue weighted by atomic mass is 16.2. The number of hydrogen-bond acceptors (Lipinski definition) is 2. The minimum absolute atomic E-state index is 0.201. The molecule has 3 unspecified atom stereocenters. The zero-order valence-corrected chi connectivity index (χ0v) is 11.1. The van der Waals surface area contributed by atoms with E-state index in [2.05, 4.69) is 13.8 Å². The minimum Gasteiger partial charge on any atom is -0.299 e. The van der Waals surface area contributed by atoms with Crippen molar-refractivity contribution in [2.45, 2.75) is 58.8 Å². The predicted molar refractivity (Wildman–Crippen MR) is 67.6 cm³/mol. The van der Waals surface area contributed by atoms with E-state index in [0.29, 0.717) is 18.8 Å². The molecule has 2 rings (SSSR count). The Morgan fingerprint density at radius 1 is 1.18 bits per heavy atom. The number of Topliss-reactive ketones (excluding diaryl/α,β-unsaturated/α-hetero) is 2. The van der Waals surface area contributed by atoms with Crippen LogP contribution in [0.25, 0.3) is 0 Å². The molecule has 0 aromatic rings. The van der Waals surface area contributed by atoms with Crippen molar-refractivity contribution in [2.75, 3.05) is 0 Å². The molecular formula is C15H24O2. The summed E-state index contributed by atoms with van der Waals surface area (Å²) >= 11 is 0. The van der Waals surface area contributed by atoms with Crippen LogP contribution < -0.4 is 0 Å². The third-order valence-electron chi connectivity index (χ3n) is 4.46. The molecule has 2 fully saturated rings. The minimum atomic E-state index is -0.234. The van der Waals surface area contributed by atoms with E-state index in [0.717, 1.165) is 24.7 Å². The average Bonchev–Trinajstić information content (AvgIpc) is 2.62. The van der Waals surface area contributed by atoms with Gasteiger partial charge in [0.15, 0.2) is 0 Å². The number of hydrogen-bond donors (Lipinski definition) is 0. The topological polar surface area (TPSA) is 34.1 Å². The van der Waals surface area contributed by atoms with Crippen LogP contribution in [0, 0.1) is 23.7 Å². The third kappa shape index (κ3) is 3.17. The molecule has 2 aliphatic carbocycles. The monoisotopic (exact) mass is 236 g/mol. The Hall–Kier alpha value is -0.660. The third-order valence-corrected chi connectivity index (χ3v) is 4.46. The van der Waals surface area contributed by atoms with Crippen LogP contribution >= 0.6 is 0 Å². The van der Waals surface area contributed by atoms with Crippen LogP contribution in [-0.4, -0.2) is 11.6 Å². The van der Waals surface area contributed by atoms with Gasteiger partial charge in [0.2, 0.25) is 0 Å². The molecule has 3 atom stereocenters. The van der Waals surface area contributed by atoms with E-state index in [4.69, 9.17) is 0 Å². The molecule has 2 saturated carbocycles. The van der Waals surface area contributed by atoms with Crippen LogP contribution in [0.15, 0.2) is 0 Å². The molecule has 0 bridgehead atoms. The fourth-order valence-electron chi connectivity index (χ4n) is 3.86. The summed E-state index contributed by atoms with van der Waals surface area (Å²) in [4.78, 5) is 23.7. The molecule has 96 valence electrons. The maximum absolute atomic E-state index is 12.1. The van der Waals surface area contributed by atoms with Crippen molar-refractivity contribution < 1.29 is 9.59 Å². The quantitative estimate of drug-likeness (QED) is 0.704. The fraction of sp³-hybridized carbons (Fsp3) is 0.867. The van der Waals surface area contributed by atoms with Crippen LogP contribution in [0.4, 0.5) is 0 Å². The number of carbonyl (C=O) groups is 2. The highest BCUT2D eigenvalue weighted by molar-refractivity contribution is 6.03. The van der Waals surface area contributed by atoms with E-state index in [-0.39, 0.29) is 17.5 Å². The van der Waals surface area contributed by atoms with Crippen molar-refractivity contribution in [3.63, 3.8) is 0 Å². The second kappa shape index (κ2) is 5.32. The first kappa shape index (κ1) is 12.8. The summed E-state index contributed by atoms with van der Waals surface area (Å²) in [6.45, 7) is 4.57. The Bertz CT molecular complexity index is 298. The molecule has 0 saturated heterocycles. The summed E-state index contributed by atoms with van der Waals surface area (Å²) in [6.07, 6.45) is 6.68. The van der Waals surface area contributed by atoms with Gasteiger partial charge < -0.3 is 0 Å². The summed E-state index contributed by atoms with van der Waals surface area (Å²) in [5.41, 5.74) is 0. The van der Waals surface area contributed by atoms with Gasteiger partial charge in [0.05, 0.1) is 5.92 Å². The zero-order valence-electron chi connectivity index (χ0n) is 11.1. The maximum atomic E-state index is 12.1.